The number of halogens is 1. The van der Waals surface area contributed by atoms with Crippen LogP contribution in [0.5, 0.6) is 0 Å². The molecule has 110 valence electrons. The quantitative estimate of drug-likeness (QED) is 0.658. The molecule has 2 atom stereocenters. The number of ether oxygens (including phenoxy) is 1. The van der Waals surface area contributed by atoms with Gasteiger partial charge in [0.15, 0.2) is 5.92 Å². The van der Waals surface area contributed by atoms with Crippen LogP contribution in [-0.4, -0.2) is 22.6 Å². The van der Waals surface area contributed by atoms with Crippen molar-refractivity contribution in [3.05, 3.63) is 34.9 Å². The summed E-state index contributed by atoms with van der Waals surface area (Å²) < 4.78 is 5.10. The first-order valence-corrected chi connectivity index (χ1v) is 6.46. The summed E-state index contributed by atoms with van der Waals surface area (Å²) in [5.41, 5.74) is 5.58. The normalized spacial score (nSPS) is 14.4. The van der Waals surface area contributed by atoms with E-state index >= 15 is 0 Å². The molecule has 0 aliphatic rings. The summed E-state index contributed by atoms with van der Waals surface area (Å²) in [6.07, 6.45) is 0. The molecule has 0 spiro atoms. The summed E-state index contributed by atoms with van der Waals surface area (Å²) in [5.74, 6) is -3.67. The molecule has 3 N–H and O–H groups in total. The van der Waals surface area contributed by atoms with Crippen molar-refractivity contribution in [3.63, 3.8) is 0 Å². The van der Waals surface area contributed by atoms with E-state index in [1.54, 1.807) is 39.0 Å². The largest absolute Gasteiger partial charge is 0.481 e. The van der Waals surface area contributed by atoms with E-state index in [4.69, 9.17) is 22.1 Å². The van der Waals surface area contributed by atoms with Gasteiger partial charge in [-0.2, -0.15) is 0 Å². The Bertz CT molecular complexity index is 510. The maximum atomic E-state index is 12.0. The second-order valence-corrected chi connectivity index (χ2v) is 5.87. The van der Waals surface area contributed by atoms with Crippen molar-refractivity contribution in [2.24, 2.45) is 11.7 Å². The topological polar surface area (TPSA) is 89.6 Å². The molecule has 0 fully saturated rings. The summed E-state index contributed by atoms with van der Waals surface area (Å²) in [4.78, 5) is 23.3. The zero-order valence-electron chi connectivity index (χ0n) is 11.6. The first-order chi connectivity index (χ1) is 9.11. The fraction of sp³-hybridized carbons (Fsp3) is 0.429. The maximum Gasteiger partial charge on any atom is 0.322 e. The molecular formula is C14H18ClNO4. The molecule has 20 heavy (non-hydrogen) atoms. The molecule has 1 aromatic rings. The molecule has 0 bridgehead atoms. The molecule has 1 rings (SSSR count). The van der Waals surface area contributed by atoms with E-state index in [2.05, 4.69) is 0 Å². The van der Waals surface area contributed by atoms with Crippen molar-refractivity contribution in [2.75, 3.05) is 0 Å². The van der Waals surface area contributed by atoms with E-state index in [0.717, 1.165) is 0 Å². The molecule has 2 unspecified atom stereocenters. The second-order valence-electron chi connectivity index (χ2n) is 5.43. The number of benzene rings is 1. The van der Waals surface area contributed by atoms with Crippen molar-refractivity contribution in [2.45, 2.75) is 32.4 Å². The Hall–Kier alpha value is -1.59. The molecule has 0 saturated carbocycles. The Balaban J connectivity index is 3.02. The summed E-state index contributed by atoms with van der Waals surface area (Å²) in [7, 11) is 0. The van der Waals surface area contributed by atoms with Gasteiger partial charge in [0.1, 0.15) is 5.60 Å². The van der Waals surface area contributed by atoms with Gasteiger partial charge in [-0.05, 0) is 38.5 Å². The molecule has 6 heteroatoms. The van der Waals surface area contributed by atoms with E-state index in [1.807, 2.05) is 0 Å². The molecule has 0 amide bonds. The average molecular weight is 300 g/mol. The maximum absolute atomic E-state index is 12.0. The third kappa shape index (κ3) is 4.51. The summed E-state index contributed by atoms with van der Waals surface area (Å²) in [5, 5.41) is 9.65. The van der Waals surface area contributed by atoms with Crippen LogP contribution < -0.4 is 5.73 Å². The fourth-order valence-corrected chi connectivity index (χ4v) is 1.87. The van der Waals surface area contributed by atoms with Gasteiger partial charge in [-0.15, -0.1) is 0 Å². The SMILES string of the molecule is CC(C)(C)OC(=O)C(C(=O)O)C(N)c1cccc(Cl)c1. The lowest BCUT2D eigenvalue weighted by molar-refractivity contribution is -0.167. The number of rotatable bonds is 4. The monoisotopic (exact) mass is 299 g/mol. The highest BCUT2D eigenvalue weighted by atomic mass is 35.5. The fourth-order valence-electron chi connectivity index (χ4n) is 1.67. The molecule has 0 saturated heterocycles. The third-order valence-corrected chi connectivity index (χ3v) is 2.75. The van der Waals surface area contributed by atoms with E-state index in [9.17, 15) is 14.7 Å². The van der Waals surface area contributed by atoms with Crippen molar-refractivity contribution in [1.82, 2.24) is 0 Å². The predicted molar refractivity (Wildman–Crippen MR) is 75.4 cm³/mol. The Morgan fingerprint density at radius 1 is 1.35 bits per heavy atom. The number of carbonyl (C=O) groups is 2. The van der Waals surface area contributed by atoms with Crippen molar-refractivity contribution < 1.29 is 19.4 Å². The highest BCUT2D eigenvalue weighted by Gasteiger charge is 2.37. The zero-order valence-corrected chi connectivity index (χ0v) is 12.3. The van der Waals surface area contributed by atoms with Crippen LogP contribution in [0.3, 0.4) is 0 Å². The van der Waals surface area contributed by atoms with Crippen molar-refractivity contribution in [1.29, 1.82) is 0 Å². The van der Waals surface area contributed by atoms with Gasteiger partial charge in [-0.25, -0.2) is 0 Å². The molecule has 0 aliphatic heterocycles. The van der Waals surface area contributed by atoms with Gasteiger partial charge >= 0.3 is 11.9 Å². The summed E-state index contributed by atoms with van der Waals surface area (Å²) in [6.45, 7) is 4.98. The van der Waals surface area contributed by atoms with Gasteiger partial charge in [0, 0.05) is 5.02 Å². The lowest BCUT2D eigenvalue weighted by Crippen LogP contribution is -2.39. The van der Waals surface area contributed by atoms with Crippen LogP contribution >= 0.6 is 11.6 Å². The molecule has 0 aromatic heterocycles. The van der Waals surface area contributed by atoms with Crippen LogP contribution in [0.4, 0.5) is 0 Å². The Labute approximate surface area is 122 Å². The number of hydrogen-bond acceptors (Lipinski definition) is 4. The molecule has 0 radical (unpaired) electrons. The Kier molecular flexibility index (Phi) is 5.14. The van der Waals surface area contributed by atoms with Gasteiger partial charge in [-0.3, -0.25) is 9.59 Å². The smallest absolute Gasteiger partial charge is 0.322 e. The Morgan fingerprint density at radius 3 is 2.40 bits per heavy atom. The lowest BCUT2D eigenvalue weighted by Gasteiger charge is -2.25. The number of carbonyl (C=O) groups excluding carboxylic acids is 1. The molecular weight excluding hydrogens is 282 g/mol. The highest BCUT2D eigenvalue weighted by molar-refractivity contribution is 6.30. The number of esters is 1. The van der Waals surface area contributed by atoms with E-state index in [0.29, 0.717) is 10.6 Å². The molecule has 0 aliphatic carbocycles. The summed E-state index contributed by atoms with van der Waals surface area (Å²) >= 11 is 5.84. The van der Waals surface area contributed by atoms with E-state index in [1.165, 1.54) is 6.07 Å². The number of carboxylic acids is 1. The standard InChI is InChI=1S/C14H18ClNO4/c1-14(2,3)20-13(19)10(12(17)18)11(16)8-5-4-6-9(15)7-8/h4-7,10-11H,16H2,1-3H3,(H,17,18). The average Bonchev–Trinajstić information content (AvgIpc) is 2.25. The minimum Gasteiger partial charge on any atom is -0.481 e. The van der Waals surface area contributed by atoms with Crippen molar-refractivity contribution >= 4 is 23.5 Å². The van der Waals surface area contributed by atoms with Crippen LogP contribution in [0, 0.1) is 5.92 Å². The highest BCUT2D eigenvalue weighted by Crippen LogP contribution is 2.25. The zero-order chi connectivity index (χ0) is 15.5. The van der Waals surface area contributed by atoms with Crippen LogP contribution in [0.25, 0.3) is 0 Å². The minimum absolute atomic E-state index is 0.422. The van der Waals surface area contributed by atoms with Crippen molar-refractivity contribution in [3.8, 4) is 0 Å². The van der Waals surface area contributed by atoms with Gasteiger partial charge < -0.3 is 15.6 Å². The van der Waals surface area contributed by atoms with Crippen LogP contribution in [0.1, 0.15) is 32.4 Å². The minimum atomic E-state index is -1.48. The summed E-state index contributed by atoms with van der Waals surface area (Å²) in [6, 6.07) is 5.41. The first-order valence-electron chi connectivity index (χ1n) is 6.08. The first kappa shape index (κ1) is 16.5. The molecule has 1 aromatic carbocycles. The van der Waals surface area contributed by atoms with Gasteiger partial charge in [0.05, 0.1) is 6.04 Å². The van der Waals surface area contributed by atoms with Crippen LogP contribution in [0.15, 0.2) is 24.3 Å². The van der Waals surface area contributed by atoms with Gasteiger partial charge in [0.25, 0.3) is 0 Å². The van der Waals surface area contributed by atoms with Gasteiger partial charge in [0.2, 0.25) is 0 Å². The number of hydrogen-bond donors (Lipinski definition) is 2. The number of nitrogens with two attached hydrogens (primary N) is 1. The lowest BCUT2D eigenvalue weighted by atomic mass is 9.93. The molecule has 5 nitrogen and oxygen atoms in total. The third-order valence-electron chi connectivity index (χ3n) is 2.52. The number of aliphatic carboxylic acids is 1. The predicted octanol–water partition coefficient (Wildman–Crippen LogP) is 2.38. The van der Waals surface area contributed by atoms with Crippen LogP contribution in [-0.2, 0) is 14.3 Å². The molecule has 0 heterocycles. The van der Waals surface area contributed by atoms with E-state index in [-0.39, 0.29) is 0 Å². The van der Waals surface area contributed by atoms with Crippen LogP contribution in [0.2, 0.25) is 5.02 Å². The van der Waals surface area contributed by atoms with Gasteiger partial charge in [-0.1, -0.05) is 23.7 Å². The number of carboxylic acid groups (broad SMARTS) is 1. The van der Waals surface area contributed by atoms with E-state index < -0.39 is 29.5 Å². The second kappa shape index (κ2) is 6.24. The Morgan fingerprint density at radius 2 is 1.95 bits per heavy atom.